The van der Waals surface area contributed by atoms with Gasteiger partial charge in [-0.3, -0.25) is 4.99 Å². The Morgan fingerprint density at radius 3 is 2.36 bits per heavy atom. The highest BCUT2D eigenvalue weighted by atomic mass is 127. The van der Waals surface area contributed by atoms with Crippen LogP contribution in [0.2, 0.25) is 0 Å². The molecule has 1 aromatic heterocycles. The summed E-state index contributed by atoms with van der Waals surface area (Å²) in [6.07, 6.45) is 9.19. The van der Waals surface area contributed by atoms with E-state index in [4.69, 9.17) is 4.52 Å². The fourth-order valence-corrected chi connectivity index (χ4v) is 2.09. The van der Waals surface area contributed by atoms with Crippen molar-refractivity contribution in [1.82, 2.24) is 20.8 Å². The van der Waals surface area contributed by atoms with Crippen LogP contribution in [0, 0.1) is 6.92 Å². The van der Waals surface area contributed by atoms with E-state index in [0.29, 0.717) is 18.3 Å². The zero-order chi connectivity index (χ0) is 15.3. The van der Waals surface area contributed by atoms with Crippen molar-refractivity contribution in [2.24, 2.45) is 4.99 Å². The van der Waals surface area contributed by atoms with Gasteiger partial charge in [0.1, 0.15) is 0 Å². The first-order chi connectivity index (χ1) is 10.3. The number of aliphatic imine (C=N–C) groups is 1. The van der Waals surface area contributed by atoms with E-state index in [1.54, 1.807) is 14.0 Å². The van der Waals surface area contributed by atoms with Crippen LogP contribution in [0.15, 0.2) is 9.52 Å². The number of nitrogens with zero attached hydrogens (tertiary/aromatic N) is 3. The summed E-state index contributed by atoms with van der Waals surface area (Å²) in [4.78, 5) is 8.32. The highest BCUT2D eigenvalue weighted by Gasteiger charge is 2.03. The van der Waals surface area contributed by atoms with Crippen LogP contribution in [0.5, 0.6) is 0 Å². The summed E-state index contributed by atoms with van der Waals surface area (Å²) < 4.78 is 4.92. The molecule has 0 aromatic carbocycles. The minimum absolute atomic E-state index is 0. The van der Waals surface area contributed by atoms with E-state index in [2.05, 4.69) is 32.7 Å². The van der Waals surface area contributed by atoms with Gasteiger partial charge in [0.15, 0.2) is 11.8 Å². The van der Waals surface area contributed by atoms with E-state index >= 15 is 0 Å². The highest BCUT2D eigenvalue weighted by molar-refractivity contribution is 14.0. The molecule has 0 aliphatic carbocycles. The Bertz CT molecular complexity index is 408. The SMILES string of the molecule is CCCCCCCCCNC(=NC)NCc1noc(C)n1.I. The molecule has 0 aliphatic heterocycles. The minimum atomic E-state index is 0. The van der Waals surface area contributed by atoms with Gasteiger partial charge in [0.25, 0.3) is 0 Å². The molecule has 2 N–H and O–H groups in total. The normalized spacial score (nSPS) is 11.1. The lowest BCUT2D eigenvalue weighted by atomic mass is 10.1. The van der Waals surface area contributed by atoms with Crippen molar-refractivity contribution in [2.75, 3.05) is 13.6 Å². The Morgan fingerprint density at radius 2 is 1.77 bits per heavy atom. The summed E-state index contributed by atoms with van der Waals surface area (Å²) >= 11 is 0. The minimum Gasteiger partial charge on any atom is -0.356 e. The van der Waals surface area contributed by atoms with E-state index in [9.17, 15) is 0 Å². The average molecular weight is 423 g/mol. The maximum absolute atomic E-state index is 4.92. The molecule has 0 saturated carbocycles. The molecule has 0 bridgehead atoms. The summed E-state index contributed by atoms with van der Waals surface area (Å²) in [5, 5.41) is 10.3. The fourth-order valence-electron chi connectivity index (χ4n) is 2.09. The van der Waals surface area contributed by atoms with Gasteiger partial charge in [-0.25, -0.2) is 0 Å². The zero-order valence-corrected chi connectivity index (χ0v) is 16.4. The largest absolute Gasteiger partial charge is 0.356 e. The van der Waals surface area contributed by atoms with Gasteiger partial charge in [-0.05, 0) is 6.42 Å². The first kappa shape index (κ1) is 21.1. The molecule has 0 saturated heterocycles. The lowest BCUT2D eigenvalue weighted by Crippen LogP contribution is -2.37. The van der Waals surface area contributed by atoms with Gasteiger partial charge in [0.2, 0.25) is 5.89 Å². The van der Waals surface area contributed by atoms with Gasteiger partial charge < -0.3 is 15.2 Å². The number of aromatic nitrogens is 2. The number of aryl methyl sites for hydroxylation is 1. The van der Waals surface area contributed by atoms with Crippen molar-refractivity contribution in [3.8, 4) is 0 Å². The smallest absolute Gasteiger partial charge is 0.223 e. The topological polar surface area (TPSA) is 75.3 Å². The molecular weight excluding hydrogens is 393 g/mol. The standard InChI is InChI=1S/C15H29N5O.HI/c1-4-5-6-7-8-9-10-11-17-15(16-3)18-12-14-19-13(2)21-20-14;/h4-12H2,1-3H3,(H2,16,17,18);1H. The molecule has 22 heavy (non-hydrogen) atoms. The Morgan fingerprint density at radius 1 is 1.09 bits per heavy atom. The molecule has 7 heteroatoms. The second-order valence-electron chi connectivity index (χ2n) is 5.20. The van der Waals surface area contributed by atoms with Crippen LogP contribution in [0.25, 0.3) is 0 Å². The summed E-state index contributed by atoms with van der Waals surface area (Å²) in [5.41, 5.74) is 0. The van der Waals surface area contributed by atoms with Crippen molar-refractivity contribution < 1.29 is 4.52 Å². The number of halogens is 1. The van der Waals surface area contributed by atoms with E-state index < -0.39 is 0 Å². The third kappa shape index (κ3) is 9.97. The maximum atomic E-state index is 4.92. The molecule has 0 aliphatic rings. The summed E-state index contributed by atoms with van der Waals surface area (Å²) in [7, 11) is 1.77. The molecule has 1 rings (SSSR count). The fraction of sp³-hybridized carbons (Fsp3) is 0.800. The molecule has 0 atom stereocenters. The second-order valence-corrected chi connectivity index (χ2v) is 5.20. The average Bonchev–Trinajstić information content (AvgIpc) is 2.90. The van der Waals surface area contributed by atoms with Crippen LogP contribution in [-0.2, 0) is 6.54 Å². The number of rotatable bonds is 10. The molecule has 0 amide bonds. The van der Waals surface area contributed by atoms with Crippen molar-refractivity contribution in [1.29, 1.82) is 0 Å². The van der Waals surface area contributed by atoms with Gasteiger partial charge in [-0.2, -0.15) is 4.98 Å². The Balaban J connectivity index is 0.00000441. The molecule has 0 radical (unpaired) electrons. The first-order valence-corrected chi connectivity index (χ1v) is 8.00. The number of guanidine groups is 1. The van der Waals surface area contributed by atoms with Gasteiger partial charge >= 0.3 is 0 Å². The van der Waals surface area contributed by atoms with Crippen molar-refractivity contribution in [3.05, 3.63) is 11.7 Å². The molecule has 0 fully saturated rings. The Hall–Kier alpha value is -0.860. The lowest BCUT2D eigenvalue weighted by molar-refractivity contribution is 0.387. The molecule has 6 nitrogen and oxygen atoms in total. The first-order valence-electron chi connectivity index (χ1n) is 8.00. The number of hydrogen-bond donors (Lipinski definition) is 2. The Kier molecular flexibility index (Phi) is 13.2. The molecule has 128 valence electrons. The van der Waals surface area contributed by atoms with Gasteiger partial charge in [0, 0.05) is 20.5 Å². The molecule has 1 heterocycles. The van der Waals surface area contributed by atoms with Crippen molar-refractivity contribution in [2.45, 2.75) is 65.3 Å². The van der Waals surface area contributed by atoms with E-state index in [0.717, 1.165) is 12.5 Å². The van der Waals surface area contributed by atoms with Crippen molar-refractivity contribution >= 4 is 29.9 Å². The maximum Gasteiger partial charge on any atom is 0.223 e. The second kappa shape index (κ2) is 13.8. The number of nitrogens with one attached hydrogen (secondary N) is 2. The van der Waals surface area contributed by atoms with E-state index in [1.807, 2.05) is 0 Å². The third-order valence-corrected chi connectivity index (χ3v) is 3.28. The predicted octanol–water partition coefficient (Wildman–Crippen LogP) is 3.41. The number of hydrogen-bond acceptors (Lipinski definition) is 4. The van der Waals surface area contributed by atoms with Gasteiger partial charge in [-0.15, -0.1) is 24.0 Å². The number of unbranched alkanes of at least 4 members (excludes halogenated alkanes) is 6. The lowest BCUT2D eigenvalue weighted by Gasteiger charge is -2.10. The monoisotopic (exact) mass is 423 g/mol. The van der Waals surface area contributed by atoms with E-state index in [-0.39, 0.29) is 24.0 Å². The molecular formula is C15H30IN5O. The molecule has 0 unspecified atom stereocenters. The van der Waals surface area contributed by atoms with Crippen LogP contribution in [0.1, 0.15) is 63.6 Å². The zero-order valence-electron chi connectivity index (χ0n) is 14.0. The highest BCUT2D eigenvalue weighted by Crippen LogP contribution is 2.06. The van der Waals surface area contributed by atoms with Crippen LogP contribution in [-0.4, -0.2) is 29.7 Å². The molecule has 0 spiro atoms. The van der Waals surface area contributed by atoms with Gasteiger partial charge in [0.05, 0.1) is 6.54 Å². The van der Waals surface area contributed by atoms with Crippen molar-refractivity contribution in [3.63, 3.8) is 0 Å². The van der Waals surface area contributed by atoms with Crippen LogP contribution in [0.4, 0.5) is 0 Å². The molecule has 1 aromatic rings. The van der Waals surface area contributed by atoms with Crippen LogP contribution >= 0.6 is 24.0 Å². The van der Waals surface area contributed by atoms with Crippen LogP contribution in [0.3, 0.4) is 0 Å². The predicted molar refractivity (Wildman–Crippen MR) is 101 cm³/mol. The van der Waals surface area contributed by atoms with Crippen LogP contribution < -0.4 is 10.6 Å². The quantitative estimate of drug-likeness (QED) is 0.261. The Labute approximate surface area is 150 Å². The van der Waals surface area contributed by atoms with Gasteiger partial charge in [-0.1, -0.05) is 50.6 Å². The summed E-state index contributed by atoms with van der Waals surface area (Å²) in [6, 6.07) is 0. The third-order valence-electron chi connectivity index (χ3n) is 3.28. The van der Waals surface area contributed by atoms with E-state index in [1.165, 1.54) is 44.9 Å². The summed E-state index contributed by atoms with van der Waals surface area (Å²) in [6.45, 7) is 5.50. The summed E-state index contributed by atoms with van der Waals surface area (Å²) in [5.74, 6) is 2.01.